The van der Waals surface area contributed by atoms with E-state index >= 15 is 4.39 Å². The van der Waals surface area contributed by atoms with Gasteiger partial charge < -0.3 is 15.4 Å². The zero-order chi connectivity index (χ0) is 26.6. The van der Waals surface area contributed by atoms with Gasteiger partial charge in [0.15, 0.2) is 0 Å². The second-order valence-corrected chi connectivity index (χ2v) is 9.36. The Kier molecular flexibility index (Phi) is 5.75. The standard InChI is InChI=1S/C27H21F4N5O2/c28-21-10-22-17(19-12-38-13-20(19)25(32)35-22)9-18(21)26(37)36(11-24-33-6-1-7-34-24)23-5-2-14-8-15(27(29,30)31)3-4-16(14)23/h1,3-4,6-10,23H,2,5,11-13H2,(H2,32,35). The SMILES string of the molecule is Nc1nc2cc(F)c(C(=O)N(Cc3ncccn3)C3CCc4cc(C(F)(F)F)ccc43)cc2c2c1COC2. The highest BCUT2D eigenvalue weighted by Gasteiger charge is 2.37. The van der Waals surface area contributed by atoms with Crippen molar-refractivity contribution in [3.63, 3.8) is 0 Å². The van der Waals surface area contributed by atoms with Gasteiger partial charge in [-0.15, -0.1) is 0 Å². The van der Waals surface area contributed by atoms with E-state index < -0.39 is 29.5 Å². The van der Waals surface area contributed by atoms with Crippen molar-refractivity contribution in [2.75, 3.05) is 5.73 Å². The molecule has 2 N–H and O–H groups in total. The summed E-state index contributed by atoms with van der Waals surface area (Å²) >= 11 is 0. The predicted molar refractivity (Wildman–Crippen MR) is 129 cm³/mol. The summed E-state index contributed by atoms with van der Waals surface area (Å²) in [5, 5.41) is 0.564. The van der Waals surface area contributed by atoms with Crippen LogP contribution in [0.1, 0.15) is 56.5 Å². The highest BCUT2D eigenvalue weighted by molar-refractivity contribution is 5.99. The quantitative estimate of drug-likeness (QED) is 0.373. The molecule has 0 saturated heterocycles. The number of nitrogens with zero attached hydrogens (tertiary/aromatic N) is 4. The van der Waals surface area contributed by atoms with Crippen LogP contribution < -0.4 is 5.73 Å². The first kappa shape index (κ1) is 24.2. The molecule has 2 aromatic heterocycles. The lowest BCUT2D eigenvalue weighted by molar-refractivity contribution is -0.137. The number of carbonyl (C=O) groups excluding carboxylic acids is 1. The minimum atomic E-state index is -4.48. The smallest absolute Gasteiger partial charge is 0.383 e. The van der Waals surface area contributed by atoms with Crippen LogP contribution >= 0.6 is 0 Å². The number of ether oxygens (including phenoxy) is 1. The zero-order valence-corrected chi connectivity index (χ0v) is 19.9. The number of aryl methyl sites for hydroxylation is 1. The van der Waals surface area contributed by atoms with Crippen molar-refractivity contribution in [2.45, 2.75) is 44.8 Å². The largest absolute Gasteiger partial charge is 0.416 e. The molecule has 1 amide bonds. The van der Waals surface area contributed by atoms with E-state index in [1.54, 1.807) is 6.07 Å². The van der Waals surface area contributed by atoms with Crippen molar-refractivity contribution in [2.24, 2.45) is 0 Å². The second-order valence-electron chi connectivity index (χ2n) is 9.36. The molecule has 1 aliphatic heterocycles. The van der Waals surface area contributed by atoms with Crippen LogP contribution in [0.3, 0.4) is 0 Å². The van der Waals surface area contributed by atoms with Crippen molar-refractivity contribution in [1.82, 2.24) is 19.9 Å². The number of rotatable bonds is 4. The molecule has 194 valence electrons. The molecule has 0 bridgehead atoms. The minimum absolute atomic E-state index is 0.0521. The van der Waals surface area contributed by atoms with E-state index in [9.17, 15) is 18.0 Å². The fourth-order valence-corrected chi connectivity index (χ4v) is 5.29. The van der Waals surface area contributed by atoms with Crippen molar-refractivity contribution < 1.29 is 27.1 Å². The van der Waals surface area contributed by atoms with Crippen molar-refractivity contribution in [1.29, 1.82) is 0 Å². The van der Waals surface area contributed by atoms with E-state index in [2.05, 4.69) is 15.0 Å². The first-order valence-corrected chi connectivity index (χ1v) is 12.0. The van der Waals surface area contributed by atoms with Gasteiger partial charge in [-0.1, -0.05) is 6.07 Å². The number of alkyl halides is 3. The number of halogens is 4. The maximum atomic E-state index is 15.4. The summed E-state index contributed by atoms with van der Waals surface area (Å²) in [6.45, 7) is 0.488. The Hall–Kier alpha value is -4.12. The van der Waals surface area contributed by atoms with E-state index in [1.165, 1.54) is 35.5 Å². The number of benzene rings is 2. The van der Waals surface area contributed by atoms with Gasteiger partial charge >= 0.3 is 6.18 Å². The van der Waals surface area contributed by atoms with Gasteiger partial charge in [-0.05, 0) is 53.8 Å². The van der Waals surface area contributed by atoms with Crippen LogP contribution in [-0.4, -0.2) is 25.8 Å². The summed E-state index contributed by atoms with van der Waals surface area (Å²) in [6.07, 6.45) is -0.697. The van der Waals surface area contributed by atoms with Crippen LogP contribution in [0.4, 0.5) is 23.4 Å². The highest BCUT2D eigenvalue weighted by atomic mass is 19.4. The number of amides is 1. The fraction of sp³-hybridized carbons (Fsp3) is 0.259. The molecule has 38 heavy (non-hydrogen) atoms. The molecule has 0 radical (unpaired) electrons. The molecule has 0 saturated carbocycles. The third-order valence-electron chi connectivity index (χ3n) is 7.13. The number of aromatic nitrogens is 3. The molecule has 1 aliphatic carbocycles. The molecule has 1 atom stereocenters. The average molecular weight is 523 g/mol. The maximum absolute atomic E-state index is 15.4. The third kappa shape index (κ3) is 4.12. The van der Waals surface area contributed by atoms with E-state index in [1.807, 2.05) is 0 Å². The first-order valence-electron chi connectivity index (χ1n) is 12.0. The van der Waals surface area contributed by atoms with Gasteiger partial charge in [-0.2, -0.15) is 13.2 Å². The Morgan fingerprint density at radius 2 is 1.87 bits per heavy atom. The number of nitrogens with two attached hydrogens (primary N) is 1. The molecule has 11 heteroatoms. The Labute approximate surface area is 214 Å². The lowest BCUT2D eigenvalue weighted by atomic mass is 10.00. The van der Waals surface area contributed by atoms with Crippen molar-refractivity contribution in [3.8, 4) is 0 Å². The number of hydrogen-bond acceptors (Lipinski definition) is 6. The Balaban J connectivity index is 1.44. The highest BCUT2D eigenvalue weighted by Crippen LogP contribution is 2.41. The zero-order valence-electron chi connectivity index (χ0n) is 19.9. The molecule has 4 aromatic rings. The number of anilines is 1. The van der Waals surface area contributed by atoms with Gasteiger partial charge in [0.2, 0.25) is 0 Å². The van der Waals surface area contributed by atoms with Crippen LogP contribution in [-0.2, 0) is 37.1 Å². The monoisotopic (exact) mass is 523 g/mol. The normalized spacial score (nSPS) is 16.5. The van der Waals surface area contributed by atoms with E-state index in [4.69, 9.17) is 10.5 Å². The van der Waals surface area contributed by atoms with Crippen LogP contribution in [0.25, 0.3) is 10.9 Å². The van der Waals surface area contributed by atoms with Gasteiger partial charge in [0.1, 0.15) is 17.5 Å². The number of pyridine rings is 1. The summed E-state index contributed by atoms with van der Waals surface area (Å²) in [5.74, 6) is -0.824. The van der Waals surface area contributed by atoms with Crippen LogP contribution in [0.2, 0.25) is 0 Å². The molecule has 0 spiro atoms. The summed E-state index contributed by atoms with van der Waals surface area (Å²) in [5.41, 5.74) is 7.95. The minimum Gasteiger partial charge on any atom is -0.383 e. The van der Waals surface area contributed by atoms with Gasteiger partial charge in [0, 0.05) is 29.4 Å². The molecular weight excluding hydrogens is 502 g/mol. The molecule has 2 aliphatic rings. The number of nitrogen functional groups attached to an aromatic ring is 1. The van der Waals surface area contributed by atoms with Gasteiger partial charge in [-0.3, -0.25) is 4.79 Å². The van der Waals surface area contributed by atoms with E-state index in [-0.39, 0.29) is 31.1 Å². The lowest BCUT2D eigenvalue weighted by Crippen LogP contribution is -2.35. The lowest BCUT2D eigenvalue weighted by Gasteiger charge is -2.30. The molecule has 7 nitrogen and oxygen atoms in total. The van der Waals surface area contributed by atoms with E-state index in [0.29, 0.717) is 46.3 Å². The topological polar surface area (TPSA) is 94.2 Å². The summed E-state index contributed by atoms with van der Waals surface area (Å²) < 4.78 is 60.8. The molecule has 2 aromatic carbocycles. The number of hydrogen-bond donors (Lipinski definition) is 1. The molecule has 1 unspecified atom stereocenters. The van der Waals surface area contributed by atoms with Gasteiger partial charge in [0.05, 0.1) is 42.4 Å². The summed E-state index contributed by atoms with van der Waals surface area (Å²) in [6, 6.07) is 7.19. The molecule has 0 fully saturated rings. The average Bonchev–Trinajstić information content (AvgIpc) is 3.55. The third-order valence-corrected chi connectivity index (χ3v) is 7.13. The van der Waals surface area contributed by atoms with E-state index in [0.717, 1.165) is 17.7 Å². The fourth-order valence-electron chi connectivity index (χ4n) is 5.29. The first-order chi connectivity index (χ1) is 18.2. The van der Waals surface area contributed by atoms with Crippen LogP contribution in [0, 0.1) is 5.82 Å². The van der Waals surface area contributed by atoms with Crippen molar-refractivity contribution in [3.05, 3.63) is 93.8 Å². The molecular formula is C27H21F4N5O2. The van der Waals surface area contributed by atoms with Crippen molar-refractivity contribution >= 4 is 22.6 Å². The number of fused-ring (bicyclic) bond motifs is 4. The summed E-state index contributed by atoms with van der Waals surface area (Å²) in [7, 11) is 0. The van der Waals surface area contributed by atoms with Crippen LogP contribution in [0.5, 0.6) is 0 Å². The molecule has 3 heterocycles. The summed E-state index contributed by atoms with van der Waals surface area (Å²) in [4.78, 5) is 28.1. The predicted octanol–water partition coefficient (Wildman–Crippen LogP) is 5.13. The van der Waals surface area contributed by atoms with Gasteiger partial charge in [-0.25, -0.2) is 19.3 Å². The van der Waals surface area contributed by atoms with Gasteiger partial charge in [0.25, 0.3) is 5.91 Å². The second kappa shape index (κ2) is 9.02. The Bertz CT molecular complexity index is 1580. The maximum Gasteiger partial charge on any atom is 0.416 e. The Morgan fingerprint density at radius 3 is 2.63 bits per heavy atom. The number of carbonyl (C=O) groups is 1. The Morgan fingerprint density at radius 1 is 1.11 bits per heavy atom. The van der Waals surface area contributed by atoms with Crippen LogP contribution in [0.15, 0.2) is 48.8 Å². The molecule has 6 rings (SSSR count).